The van der Waals surface area contributed by atoms with Gasteiger partial charge in [0.1, 0.15) is 0 Å². The Morgan fingerprint density at radius 2 is 1.12 bits per heavy atom. The maximum absolute atomic E-state index is 3.43. The van der Waals surface area contributed by atoms with Gasteiger partial charge < -0.3 is 5.32 Å². The summed E-state index contributed by atoms with van der Waals surface area (Å²) in [7, 11) is 0. The molecule has 0 spiro atoms. The van der Waals surface area contributed by atoms with Gasteiger partial charge in [0.15, 0.2) is 0 Å². The molecule has 1 saturated carbocycles. The van der Waals surface area contributed by atoms with Crippen molar-refractivity contribution in [2.75, 3.05) is 6.54 Å². The van der Waals surface area contributed by atoms with Crippen LogP contribution in [0.3, 0.4) is 0 Å². The predicted molar refractivity (Wildman–Crippen MR) is 72.8 cm³/mol. The maximum atomic E-state index is 3.43. The molecule has 2 fully saturated rings. The third-order valence-electron chi connectivity index (χ3n) is 3.91. The maximum Gasteiger partial charge on any atom is 0.00389 e. The summed E-state index contributed by atoms with van der Waals surface area (Å²) in [5, 5.41) is 3.43. The molecule has 0 amide bonds. The van der Waals surface area contributed by atoms with E-state index in [9.17, 15) is 0 Å². The van der Waals surface area contributed by atoms with Crippen molar-refractivity contribution in [3.05, 3.63) is 0 Å². The lowest BCUT2D eigenvalue weighted by Gasteiger charge is -2.24. The van der Waals surface area contributed by atoms with E-state index < -0.39 is 0 Å². The van der Waals surface area contributed by atoms with Gasteiger partial charge in [0.2, 0.25) is 0 Å². The lowest BCUT2D eigenvalue weighted by Crippen LogP contribution is -2.35. The van der Waals surface area contributed by atoms with Crippen LogP contribution in [-0.4, -0.2) is 12.6 Å². The summed E-state index contributed by atoms with van der Waals surface area (Å²) in [4.78, 5) is 0. The molecule has 1 nitrogen and oxygen atoms in total. The van der Waals surface area contributed by atoms with E-state index >= 15 is 0 Å². The standard InChI is InChI=1S/C8H16.C7H15N/c1-2-4-6-8-7-5-3-1;1-6-3-4-7(2)8-5-6/h1-8H2;6-8H,3-5H2,1-2H3. The Balaban J connectivity index is 0.000000160. The topological polar surface area (TPSA) is 12.0 Å². The SMILES string of the molecule is C1CCCCCCC1.CC1CCC(C)NC1. The highest BCUT2D eigenvalue weighted by Gasteiger charge is 2.11. The lowest BCUT2D eigenvalue weighted by atomic mass is 9.98. The highest BCUT2D eigenvalue weighted by Crippen LogP contribution is 2.15. The zero-order valence-electron chi connectivity index (χ0n) is 11.4. The second-order valence-electron chi connectivity index (χ2n) is 5.82. The van der Waals surface area contributed by atoms with Crippen LogP contribution >= 0.6 is 0 Å². The van der Waals surface area contributed by atoms with Gasteiger partial charge >= 0.3 is 0 Å². The zero-order chi connectivity index (χ0) is 11.6. The fourth-order valence-corrected chi connectivity index (χ4v) is 2.56. The average molecular weight is 225 g/mol. The minimum Gasteiger partial charge on any atom is -0.314 e. The van der Waals surface area contributed by atoms with E-state index in [4.69, 9.17) is 0 Å². The molecule has 0 bridgehead atoms. The van der Waals surface area contributed by atoms with E-state index in [0.29, 0.717) is 0 Å². The quantitative estimate of drug-likeness (QED) is 0.639. The minimum absolute atomic E-state index is 0.770. The van der Waals surface area contributed by atoms with Crippen molar-refractivity contribution < 1.29 is 0 Å². The van der Waals surface area contributed by atoms with Crippen molar-refractivity contribution in [3.63, 3.8) is 0 Å². The third-order valence-corrected chi connectivity index (χ3v) is 3.91. The van der Waals surface area contributed by atoms with Gasteiger partial charge in [-0.25, -0.2) is 0 Å². The fraction of sp³-hybridized carbons (Fsp3) is 1.00. The van der Waals surface area contributed by atoms with Crippen LogP contribution in [0.25, 0.3) is 0 Å². The van der Waals surface area contributed by atoms with E-state index in [1.165, 1.54) is 70.8 Å². The van der Waals surface area contributed by atoms with Gasteiger partial charge in [-0.05, 0) is 32.2 Å². The molecule has 16 heavy (non-hydrogen) atoms. The molecule has 2 aliphatic rings. The van der Waals surface area contributed by atoms with Crippen molar-refractivity contribution in [3.8, 4) is 0 Å². The molecule has 1 aliphatic heterocycles. The smallest absolute Gasteiger partial charge is 0.00389 e. The number of rotatable bonds is 0. The van der Waals surface area contributed by atoms with Gasteiger partial charge in [0.05, 0.1) is 0 Å². The van der Waals surface area contributed by atoms with Crippen LogP contribution in [0.1, 0.15) is 78.1 Å². The van der Waals surface area contributed by atoms with Crippen molar-refractivity contribution >= 4 is 0 Å². The lowest BCUT2D eigenvalue weighted by molar-refractivity contribution is 0.343. The molecule has 1 heterocycles. The van der Waals surface area contributed by atoms with Gasteiger partial charge in [-0.1, -0.05) is 58.3 Å². The average Bonchev–Trinajstić information content (AvgIpc) is 2.22. The molecule has 2 unspecified atom stereocenters. The summed E-state index contributed by atoms with van der Waals surface area (Å²) in [6.45, 7) is 5.78. The molecule has 1 aliphatic carbocycles. The molecule has 1 N–H and O–H groups in total. The fourth-order valence-electron chi connectivity index (χ4n) is 2.56. The Hall–Kier alpha value is -0.0400. The molecule has 2 rings (SSSR count). The molecular weight excluding hydrogens is 194 g/mol. The highest BCUT2D eigenvalue weighted by molar-refractivity contribution is 4.71. The second-order valence-corrected chi connectivity index (χ2v) is 5.82. The van der Waals surface area contributed by atoms with Crippen molar-refractivity contribution in [1.82, 2.24) is 5.32 Å². The first-order valence-electron chi connectivity index (χ1n) is 7.52. The van der Waals surface area contributed by atoms with Gasteiger partial charge in [0.25, 0.3) is 0 Å². The molecule has 0 aromatic rings. The van der Waals surface area contributed by atoms with E-state index in [0.717, 1.165) is 12.0 Å². The van der Waals surface area contributed by atoms with Crippen LogP contribution in [0.4, 0.5) is 0 Å². The predicted octanol–water partition coefficient (Wildman–Crippen LogP) is 4.52. The number of piperidine rings is 1. The second kappa shape index (κ2) is 9.04. The third kappa shape index (κ3) is 7.27. The van der Waals surface area contributed by atoms with Crippen molar-refractivity contribution in [2.24, 2.45) is 5.92 Å². The van der Waals surface area contributed by atoms with E-state index in [2.05, 4.69) is 19.2 Å². The summed E-state index contributed by atoms with van der Waals surface area (Å²) in [5.41, 5.74) is 0. The summed E-state index contributed by atoms with van der Waals surface area (Å²) in [5.74, 6) is 0.909. The summed E-state index contributed by atoms with van der Waals surface area (Å²) >= 11 is 0. The Morgan fingerprint density at radius 3 is 1.38 bits per heavy atom. The van der Waals surface area contributed by atoms with E-state index in [1.54, 1.807) is 0 Å². The highest BCUT2D eigenvalue weighted by atomic mass is 14.9. The zero-order valence-corrected chi connectivity index (χ0v) is 11.4. The molecule has 1 heteroatoms. The molecule has 1 saturated heterocycles. The minimum atomic E-state index is 0.770. The molecule has 0 radical (unpaired) electrons. The van der Waals surface area contributed by atoms with Crippen LogP contribution in [0.5, 0.6) is 0 Å². The summed E-state index contributed by atoms with van der Waals surface area (Å²) in [6.07, 6.45) is 14.8. The number of hydrogen-bond donors (Lipinski definition) is 1. The van der Waals surface area contributed by atoms with Crippen LogP contribution in [0.2, 0.25) is 0 Å². The molecule has 0 aromatic carbocycles. The van der Waals surface area contributed by atoms with Crippen LogP contribution in [0, 0.1) is 5.92 Å². The first kappa shape index (κ1) is 14.0. The summed E-state index contributed by atoms with van der Waals surface area (Å²) in [6, 6.07) is 0.770. The van der Waals surface area contributed by atoms with Crippen LogP contribution < -0.4 is 5.32 Å². The number of hydrogen-bond acceptors (Lipinski definition) is 1. The van der Waals surface area contributed by atoms with Crippen LogP contribution in [0.15, 0.2) is 0 Å². The van der Waals surface area contributed by atoms with Crippen LogP contribution in [-0.2, 0) is 0 Å². The molecule has 2 atom stereocenters. The largest absolute Gasteiger partial charge is 0.314 e. The Bertz CT molecular complexity index is 114. The Morgan fingerprint density at radius 1 is 0.688 bits per heavy atom. The molecule has 0 aromatic heterocycles. The normalized spacial score (nSPS) is 31.9. The summed E-state index contributed by atoms with van der Waals surface area (Å²) < 4.78 is 0. The van der Waals surface area contributed by atoms with Gasteiger partial charge in [0, 0.05) is 6.04 Å². The van der Waals surface area contributed by atoms with Crippen molar-refractivity contribution in [2.45, 2.75) is 84.1 Å². The monoisotopic (exact) mass is 225 g/mol. The van der Waals surface area contributed by atoms with Crippen molar-refractivity contribution in [1.29, 1.82) is 0 Å². The van der Waals surface area contributed by atoms with Gasteiger partial charge in [-0.3, -0.25) is 0 Å². The molecule has 96 valence electrons. The first-order valence-corrected chi connectivity index (χ1v) is 7.52. The van der Waals surface area contributed by atoms with E-state index in [-0.39, 0.29) is 0 Å². The number of nitrogens with one attached hydrogen (secondary N) is 1. The van der Waals surface area contributed by atoms with Gasteiger partial charge in [-0.15, -0.1) is 0 Å². The molecular formula is C15H31N. The van der Waals surface area contributed by atoms with E-state index in [1.807, 2.05) is 0 Å². The Labute approximate surface area is 102 Å². The Kier molecular flexibility index (Phi) is 7.92. The van der Waals surface area contributed by atoms with Gasteiger partial charge in [-0.2, -0.15) is 0 Å². The first-order chi connectivity index (χ1) is 7.79.